The molecule has 0 bridgehead atoms. The monoisotopic (exact) mass is 430 g/mol. The van der Waals surface area contributed by atoms with E-state index >= 15 is 0 Å². The minimum absolute atomic E-state index is 0.220. The molecule has 26 heavy (non-hydrogen) atoms. The highest BCUT2D eigenvalue weighted by Gasteiger charge is 2.27. The van der Waals surface area contributed by atoms with Crippen molar-refractivity contribution in [1.29, 1.82) is 0 Å². The molecule has 2 aromatic rings. The van der Waals surface area contributed by atoms with Gasteiger partial charge in [0.15, 0.2) is 0 Å². The Bertz CT molecular complexity index is 933. The first kappa shape index (κ1) is 19.5. The Hall–Kier alpha value is -1.25. The van der Waals surface area contributed by atoms with Crippen molar-refractivity contribution in [2.45, 2.75) is 4.90 Å². The van der Waals surface area contributed by atoms with E-state index in [-0.39, 0.29) is 10.8 Å². The molecule has 0 saturated carbocycles. The third kappa shape index (κ3) is 4.53. The quantitative estimate of drug-likeness (QED) is 0.746. The van der Waals surface area contributed by atoms with Crippen LogP contribution in [0.1, 0.15) is 10.4 Å². The number of benzene rings is 2. The topological polar surface area (TPSA) is 66.8 Å². The summed E-state index contributed by atoms with van der Waals surface area (Å²) in [5.41, 5.74) is 0.484. The van der Waals surface area contributed by atoms with Gasteiger partial charge in [-0.05, 0) is 48.5 Å². The molecule has 1 aliphatic heterocycles. The second-order valence-corrected chi connectivity index (χ2v) is 10.4. The zero-order valence-electron chi connectivity index (χ0n) is 13.6. The molecule has 9 heteroatoms. The first-order valence-electron chi connectivity index (χ1n) is 7.81. The van der Waals surface area contributed by atoms with Crippen LogP contribution in [0.4, 0.5) is 0 Å². The van der Waals surface area contributed by atoms with Crippen LogP contribution in [0.25, 0.3) is 0 Å². The lowest BCUT2D eigenvalue weighted by Crippen LogP contribution is -2.41. The summed E-state index contributed by atoms with van der Waals surface area (Å²) in [4.78, 5) is 12.4. The van der Waals surface area contributed by atoms with Gasteiger partial charge in [-0.3, -0.25) is 4.79 Å². The standard InChI is InChI=1S/C17H16Cl2N2O3S2/c18-14-3-1-13(2-4-14)17(22)20-25-11-9-21(10-12-25)26(23,24)16-7-5-15(19)6-8-16/h1-8H,9-12H2. The number of rotatable bonds is 3. The van der Waals surface area contributed by atoms with E-state index in [0.29, 0.717) is 40.2 Å². The highest BCUT2D eigenvalue weighted by atomic mass is 35.5. The van der Waals surface area contributed by atoms with Crippen LogP contribution in [0, 0.1) is 0 Å². The zero-order chi connectivity index (χ0) is 18.7. The van der Waals surface area contributed by atoms with Crippen molar-refractivity contribution >= 4 is 49.8 Å². The Kier molecular flexibility index (Phi) is 6.14. The molecule has 1 amide bonds. The Balaban J connectivity index is 1.67. The van der Waals surface area contributed by atoms with Crippen LogP contribution >= 0.6 is 23.2 Å². The first-order valence-corrected chi connectivity index (χ1v) is 11.5. The third-order valence-corrected chi connectivity index (χ3v) is 8.06. The normalized spacial score (nSPS) is 16.4. The number of carbonyl (C=O) groups is 1. The van der Waals surface area contributed by atoms with E-state index in [1.807, 2.05) is 0 Å². The number of halogens is 2. The number of carbonyl (C=O) groups excluding carboxylic acids is 1. The molecule has 2 aromatic carbocycles. The average Bonchev–Trinajstić information content (AvgIpc) is 2.63. The van der Waals surface area contributed by atoms with Crippen LogP contribution in [-0.2, 0) is 20.7 Å². The van der Waals surface area contributed by atoms with Crippen LogP contribution in [0.5, 0.6) is 0 Å². The highest BCUT2D eigenvalue weighted by molar-refractivity contribution is 7.90. The summed E-state index contributed by atoms with van der Waals surface area (Å²) in [6.45, 7) is 0.678. The van der Waals surface area contributed by atoms with Crippen molar-refractivity contribution in [2.24, 2.45) is 4.36 Å². The SMILES string of the molecule is O=C(N=S1CCN(S(=O)(=O)c2ccc(Cl)cc2)CC1)c1ccc(Cl)cc1. The summed E-state index contributed by atoms with van der Waals surface area (Å²) < 4.78 is 31.0. The van der Waals surface area contributed by atoms with E-state index in [2.05, 4.69) is 4.36 Å². The molecule has 138 valence electrons. The summed E-state index contributed by atoms with van der Waals surface area (Å²) in [6, 6.07) is 12.7. The third-order valence-electron chi connectivity index (χ3n) is 3.91. The summed E-state index contributed by atoms with van der Waals surface area (Å²) >= 11 is 11.6. The van der Waals surface area contributed by atoms with Gasteiger partial charge in [-0.2, -0.15) is 8.67 Å². The van der Waals surface area contributed by atoms with E-state index in [1.165, 1.54) is 16.4 Å². The van der Waals surface area contributed by atoms with E-state index in [4.69, 9.17) is 23.2 Å². The van der Waals surface area contributed by atoms with Gasteiger partial charge in [0.25, 0.3) is 5.91 Å². The summed E-state index contributed by atoms with van der Waals surface area (Å²) in [5, 5.41) is 1.05. The van der Waals surface area contributed by atoms with Crippen LogP contribution in [0.3, 0.4) is 0 Å². The molecule has 0 unspecified atom stereocenters. The highest BCUT2D eigenvalue weighted by Crippen LogP contribution is 2.20. The smallest absolute Gasteiger partial charge is 0.266 e. The fraction of sp³-hybridized carbons (Fsp3) is 0.235. The molecule has 0 spiro atoms. The number of sulfonamides is 1. The Morgan fingerprint density at radius 1 is 0.923 bits per heavy atom. The molecule has 1 saturated heterocycles. The molecule has 1 heterocycles. The van der Waals surface area contributed by atoms with Gasteiger partial charge < -0.3 is 0 Å². The molecule has 0 N–H and O–H groups in total. The van der Waals surface area contributed by atoms with Crippen molar-refractivity contribution in [2.75, 3.05) is 24.6 Å². The first-order chi connectivity index (χ1) is 12.4. The summed E-state index contributed by atoms with van der Waals surface area (Å²) in [5.74, 6) is 0.775. The van der Waals surface area contributed by atoms with Crippen molar-refractivity contribution in [3.63, 3.8) is 0 Å². The minimum atomic E-state index is -3.55. The maximum atomic E-state index is 12.7. The predicted molar refractivity (Wildman–Crippen MR) is 106 cm³/mol. The van der Waals surface area contributed by atoms with Gasteiger partial charge in [0.1, 0.15) is 0 Å². The van der Waals surface area contributed by atoms with Crippen molar-refractivity contribution in [1.82, 2.24) is 4.31 Å². The molecule has 5 nitrogen and oxygen atoms in total. The van der Waals surface area contributed by atoms with Gasteiger partial charge in [-0.15, -0.1) is 0 Å². The van der Waals surface area contributed by atoms with Crippen LogP contribution in [0.15, 0.2) is 57.8 Å². The Labute approximate surface area is 165 Å². The Morgan fingerprint density at radius 2 is 1.42 bits per heavy atom. The maximum absolute atomic E-state index is 12.7. The van der Waals surface area contributed by atoms with Crippen LogP contribution < -0.4 is 0 Å². The molecule has 0 aromatic heterocycles. The predicted octanol–water partition coefficient (Wildman–Crippen LogP) is 3.64. The van der Waals surface area contributed by atoms with E-state index in [9.17, 15) is 13.2 Å². The lowest BCUT2D eigenvalue weighted by atomic mass is 10.2. The Morgan fingerprint density at radius 3 is 1.96 bits per heavy atom. The molecular formula is C17H16Cl2N2O3S2. The van der Waals surface area contributed by atoms with Crippen molar-refractivity contribution in [3.05, 3.63) is 64.1 Å². The second-order valence-electron chi connectivity index (χ2n) is 5.63. The number of nitrogens with zero attached hydrogens (tertiary/aromatic N) is 2. The molecular weight excluding hydrogens is 415 g/mol. The zero-order valence-corrected chi connectivity index (χ0v) is 16.8. The van der Waals surface area contributed by atoms with E-state index in [0.717, 1.165) is 0 Å². The number of hydrogen-bond donors (Lipinski definition) is 0. The van der Waals surface area contributed by atoms with Gasteiger partial charge >= 0.3 is 0 Å². The summed E-state index contributed by atoms with van der Waals surface area (Å²) in [7, 11) is -4.03. The molecule has 0 atom stereocenters. The number of hydrogen-bond acceptors (Lipinski definition) is 3. The van der Waals surface area contributed by atoms with E-state index in [1.54, 1.807) is 36.4 Å². The lowest BCUT2D eigenvalue weighted by molar-refractivity contribution is 0.100. The van der Waals surface area contributed by atoms with Crippen LogP contribution in [0.2, 0.25) is 10.0 Å². The lowest BCUT2D eigenvalue weighted by Gasteiger charge is -2.27. The fourth-order valence-corrected chi connectivity index (χ4v) is 5.99. The van der Waals surface area contributed by atoms with Crippen molar-refractivity contribution in [3.8, 4) is 0 Å². The molecule has 1 aliphatic rings. The van der Waals surface area contributed by atoms with Gasteiger partial charge in [-0.25, -0.2) is 8.42 Å². The second kappa shape index (κ2) is 8.19. The number of amides is 1. The van der Waals surface area contributed by atoms with E-state index < -0.39 is 20.7 Å². The van der Waals surface area contributed by atoms with Gasteiger partial charge in [0, 0.05) is 40.2 Å². The molecule has 0 radical (unpaired) electrons. The minimum Gasteiger partial charge on any atom is -0.266 e. The van der Waals surface area contributed by atoms with Gasteiger partial charge in [0.05, 0.1) is 4.90 Å². The van der Waals surface area contributed by atoms with Crippen molar-refractivity contribution < 1.29 is 13.2 Å². The molecule has 3 rings (SSSR count). The maximum Gasteiger partial charge on any atom is 0.282 e. The molecule has 1 fully saturated rings. The van der Waals surface area contributed by atoms with Crippen LogP contribution in [-0.4, -0.2) is 43.2 Å². The van der Waals surface area contributed by atoms with Gasteiger partial charge in [0.2, 0.25) is 10.0 Å². The summed E-state index contributed by atoms with van der Waals surface area (Å²) in [6.07, 6.45) is 0. The molecule has 0 aliphatic carbocycles. The van der Waals surface area contributed by atoms with Gasteiger partial charge in [-0.1, -0.05) is 33.9 Å². The average molecular weight is 431 g/mol. The fourth-order valence-electron chi connectivity index (χ4n) is 2.48. The largest absolute Gasteiger partial charge is 0.282 e.